The Morgan fingerprint density at radius 1 is 1.43 bits per heavy atom. The molecule has 0 atom stereocenters. The van der Waals surface area contributed by atoms with Crippen LogP contribution >= 0.6 is 0 Å². The molecule has 2 aliphatic rings. The van der Waals surface area contributed by atoms with E-state index in [1.807, 2.05) is 6.07 Å². The number of hydrogen-bond acceptors (Lipinski definition) is 4. The van der Waals surface area contributed by atoms with Crippen LogP contribution in [0.5, 0.6) is 0 Å². The molecule has 1 fully saturated rings. The van der Waals surface area contributed by atoms with Crippen LogP contribution in [-0.2, 0) is 17.6 Å². The molecule has 0 amide bonds. The number of nitriles is 1. The van der Waals surface area contributed by atoms with E-state index in [4.69, 9.17) is 5.11 Å². The Morgan fingerprint density at radius 2 is 2.24 bits per heavy atom. The molecule has 1 saturated carbocycles. The highest BCUT2D eigenvalue weighted by molar-refractivity contribution is 5.68. The largest absolute Gasteiger partial charge is 0.481 e. The predicted octanol–water partition coefficient (Wildman–Crippen LogP) is 2.50. The van der Waals surface area contributed by atoms with Gasteiger partial charge in [-0.2, -0.15) is 5.26 Å². The van der Waals surface area contributed by atoms with Crippen LogP contribution in [0.2, 0.25) is 0 Å². The number of carboxylic acid groups (broad SMARTS) is 1. The summed E-state index contributed by atoms with van der Waals surface area (Å²) >= 11 is 0. The third-order valence-electron chi connectivity index (χ3n) is 4.74. The molecule has 5 heteroatoms. The molecule has 3 rings (SSSR count). The summed E-state index contributed by atoms with van der Waals surface area (Å²) < 4.78 is 0. The molecule has 0 aliphatic heterocycles. The summed E-state index contributed by atoms with van der Waals surface area (Å²) in [5.41, 5.74) is 2.66. The van der Waals surface area contributed by atoms with Gasteiger partial charge in [-0.1, -0.05) is 6.42 Å². The second kappa shape index (κ2) is 5.36. The van der Waals surface area contributed by atoms with Crippen molar-refractivity contribution in [2.75, 3.05) is 11.9 Å². The van der Waals surface area contributed by atoms with Crippen LogP contribution in [0.4, 0.5) is 5.82 Å². The zero-order valence-electron chi connectivity index (χ0n) is 12.0. The number of aliphatic carboxylic acids is 1. The van der Waals surface area contributed by atoms with E-state index in [1.165, 1.54) is 5.56 Å². The molecule has 0 saturated heterocycles. The second-order valence-corrected chi connectivity index (χ2v) is 6.23. The van der Waals surface area contributed by atoms with Gasteiger partial charge in [-0.25, -0.2) is 4.98 Å². The maximum absolute atomic E-state index is 11.0. The molecule has 5 nitrogen and oxygen atoms in total. The summed E-state index contributed by atoms with van der Waals surface area (Å²) in [5.74, 6) is -0.131. The quantitative estimate of drug-likeness (QED) is 0.868. The van der Waals surface area contributed by atoms with Gasteiger partial charge in [-0.05, 0) is 49.1 Å². The summed E-state index contributed by atoms with van der Waals surface area (Å²) in [7, 11) is 0. The first-order valence-electron chi connectivity index (χ1n) is 7.50. The summed E-state index contributed by atoms with van der Waals surface area (Å²) in [6, 6.07) is 4.13. The molecule has 0 bridgehead atoms. The zero-order valence-corrected chi connectivity index (χ0v) is 12.0. The SMILES string of the molecule is N#Cc1cc2c(nc1NCC1(CC(=O)O)CCC1)CCC2. The number of nitrogens with one attached hydrogen (secondary N) is 1. The van der Waals surface area contributed by atoms with Gasteiger partial charge in [-0.15, -0.1) is 0 Å². The lowest BCUT2D eigenvalue weighted by Gasteiger charge is -2.41. The Morgan fingerprint density at radius 3 is 2.86 bits per heavy atom. The van der Waals surface area contributed by atoms with E-state index in [2.05, 4.69) is 16.4 Å². The lowest BCUT2D eigenvalue weighted by Crippen LogP contribution is -2.38. The molecule has 21 heavy (non-hydrogen) atoms. The van der Waals surface area contributed by atoms with Crippen LogP contribution in [0.3, 0.4) is 0 Å². The number of aryl methyl sites for hydroxylation is 2. The highest BCUT2D eigenvalue weighted by Crippen LogP contribution is 2.44. The maximum atomic E-state index is 11.0. The summed E-state index contributed by atoms with van der Waals surface area (Å²) in [6.07, 6.45) is 6.19. The summed E-state index contributed by atoms with van der Waals surface area (Å²) in [4.78, 5) is 15.6. The van der Waals surface area contributed by atoms with Crippen molar-refractivity contribution in [3.63, 3.8) is 0 Å². The number of nitrogens with zero attached hydrogens (tertiary/aromatic N) is 2. The first-order chi connectivity index (χ1) is 10.1. The highest BCUT2D eigenvalue weighted by atomic mass is 16.4. The lowest BCUT2D eigenvalue weighted by molar-refractivity contribution is -0.141. The van der Waals surface area contributed by atoms with Crippen LogP contribution in [0.25, 0.3) is 0 Å². The van der Waals surface area contributed by atoms with Gasteiger partial charge in [0.25, 0.3) is 0 Å². The van der Waals surface area contributed by atoms with E-state index in [0.717, 1.165) is 44.2 Å². The molecule has 0 aromatic carbocycles. The fourth-order valence-electron chi connectivity index (χ4n) is 3.38. The molecule has 0 radical (unpaired) electrons. The van der Waals surface area contributed by atoms with Crippen molar-refractivity contribution >= 4 is 11.8 Å². The zero-order chi connectivity index (χ0) is 14.9. The van der Waals surface area contributed by atoms with Crippen LogP contribution in [0, 0.1) is 16.7 Å². The van der Waals surface area contributed by atoms with Gasteiger partial charge in [0.1, 0.15) is 11.9 Å². The minimum atomic E-state index is -0.751. The smallest absolute Gasteiger partial charge is 0.303 e. The number of fused-ring (bicyclic) bond motifs is 1. The second-order valence-electron chi connectivity index (χ2n) is 6.23. The fourth-order valence-corrected chi connectivity index (χ4v) is 3.38. The van der Waals surface area contributed by atoms with E-state index in [1.54, 1.807) is 0 Å². The van der Waals surface area contributed by atoms with E-state index >= 15 is 0 Å². The number of hydrogen-bond donors (Lipinski definition) is 2. The molecular weight excluding hydrogens is 266 g/mol. The molecule has 1 aromatic heterocycles. The van der Waals surface area contributed by atoms with Gasteiger partial charge in [0.2, 0.25) is 0 Å². The van der Waals surface area contributed by atoms with Gasteiger partial charge < -0.3 is 10.4 Å². The fraction of sp³-hybridized carbons (Fsp3) is 0.562. The Labute approximate surface area is 124 Å². The van der Waals surface area contributed by atoms with Gasteiger partial charge in [0.05, 0.1) is 12.0 Å². The molecule has 2 aliphatic carbocycles. The maximum Gasteiger partial charge on any atom is 0.303 e. The van der Waals surface area contributed by atoms with E-state index < -0.39 is 5.97 Å². The van der Waals surface area contributed by atoms with Gasteiger partial charge in [0, 0.05) is 12.2 Å². The standard InChI is InChI=1S/C16H19N3O2/c17-9-12-7-11-3-1-4-13(11)19-15(12)18-10-16(5-2-6-16)8-14(20)21/h7H,1-6,8,10H2,(H,18,19)(H,20,21). The average Bonchev–Trinajstić information content (AvgIpc) is 2.87. The number of anilines is 1. The van der Waals surface area contributed by atoms with E-state index in [-0.39, 0.29) is 11.8 Å². The number of carbonyl (C=O) groups is 1. The van der Waals surface area contributed by atoms with Gasteiger partial charge in [0.15, 0.2) is 0 Å². The van der Waals surface area contributed by atoms with Crippen molar-refractivity contribution < 1.29 is 9.90 Å². The topological polar surface area (TPSA) is 86.0 Å². The van der Waals surface area contributed by atoms with E-state index in [9.17, 15) is 10.1 Å². The third kappa shape index (κ3) is 2.71. The van der Waals surface area contributed by atoms with Crippen molar-refractivity contribution in [2.24, 2.45) is 5.41 Å². The van der Waals surface area contributed by atoms with Gasteiger partial charge in [-0.3, -0.25) is 4.79 Å². The third-order valence-corrected chi connectivity index (χ3v) is 4.74. The Balaban J connectivity index is 1.76. The summed E-state index contributed by atoms with van der Waals surface area (Å²) in [6.45, 7) is 0.583. The first kappa shape index (κ1) is 13.9. The van der Waals surface area contributed by atoms with Crippen LogP contribution < -0.4 is 5.32 Å². The minimum absolute atomic E-state index is 0.167. The normalized spacial score (nSPS) is 18.4. The number of pyridine rings is 1. The monoisotopic (exact) mass is 285 g/mol. The summed E-state index contributed by atoms with van der Waals surface area (Å²) in [5, 5.41) is 21.6. The molecule has 1 heterocycles. The van der Waals surface area contributed by atoms with Crippen LogP contribution in [0.1, 0.15) is 48.9 Å². The Hall–Kier alpha value is -2.09. The number of rotatable bonds is 5. The number of carboxylic acids is 1. The van der Waals surface area contributed by atoms with Gasteiger partial charge >= 0.3 is 5.97 Å². The number of aromatic nitrogens is 1. The van der Waals surface area contributed by atoms with E-state index in [0.29, 0.717) is 17.9 Å². The minimum Gasteiger partial charge on any atom is -0.481 e. The van der Waals surface area contributed by atoms with Crippen molar-refractivity contribution in [2.45, 2.75) is 44.9 Å². The molecular formula is C16H19N3O2. The average molecular weight is 285 g/mol. The van der Waals surface area contributed by atoms with Crippen molar-refractivity contribution in [1.82, 2.24) is 4.98 Å². The van der Waals surface area contributed by atoms with Crippen molar-refractivity contribution in [3.05, 3.63) is 22.9 Å². The van der Waals surface area contributed by atoms with Crippen LogP contribution in [-0.4, -0.2) is 22.6 Å². The molecule has 1 aromatic rings. The molecule has 110 valence electrons. The molecule has 0 unspecified atom stereocenters. The highest BCUT2D eigenvalue weighted by Gasteiger charge is 2.39. The predicted molar refractivity (Wildman–Crippen MR) is 78.0 cm³/mol. The van der Waals surface area contributed by atoms with Crippen LogP contribution in [0.15, 0.2) is 6.07 Å². The van der Waals surface area contributed by atoms with Crippen molar-refractivity contribution in [3.8, 4) is 6.07 Å². The Kier molecular flexibility index (Phi) is 3.54. The van der Waals surface area contributed by atoms with Crippen molar-refractivity contribution in [1.29, 1.82) is 5.26 Å². The lowest BCUT2D eigenvalue weighted by atomic mass is 9.66. The Bertz CT molecular complexity index is 615. The molecule has 2 N–H and O–H groups in total. The first-order valence-corrected chi connectivity index (χ1v) is 7.50. The molecule has 0 spiro atoms.